The number of anilines is 2. The lowest BCUT2D eigenvalue weighted by molar-refractivity contribution is -0.116. The molecule has 0 bridgehead atoms. The van der Waals surface area contributed by atoms with E-state index in [0.29, 0.717) is 11.3 Å². The first kappa shape index (κ1) is 20.0. The molecule has 6 nitrogen and oxygen atoms in total. The molecule has 0 spiro atoms. The second kappa shape index (κ2) is 7.52. The number of nitrogen functional groups attached to an aromatic ring is 1. The van der Waals surface area contributed by atoms with Crippen LogP contribution in [0.15, 0.2) is 59.5 Å². The van der Waals surface area contributed by atoms with Crippen molar-refractivity contribution in [3.63, 3.8) is 0 Å². The summed E-state index contributed by atoms with van der Waals surface area (Å²) in [6, 6.07) is 13.6. The molecule has 30 heavy (non-hydrogen) atoms. The molecule has 1 saturated heterocycles. The summed E-state index contributed by atoms with van der Waals surface area (Å²) in [6.07, 6.45) is 0. The minimum absolute atomic E-state index is 0.0269. The summed E-state index contributed by atoms with van der Waals surface area (Å²) in [7, 11) is 0. The van der Waals surface area contributed by atoms with Gasteiger partial charge in [-0.3, -0.25) is 4.79 Å². The van der Waals surface area contributed by atoms with Gasteiger partial charge in [0.05, 0.1) is 11.2 Å². The van der Waals surface area contributed by atoms with Crippen LogP contribution in [0.5, 0.6) is 0 Å². The smallest absolute Gasteiger partial charge is 0.384 e. The van der Waals surface area contributed by atoms with E-state index < -0.39 is 17.4 Å². The highest BCUT2D eigenvalue weighted by molar-refractivity contribution is 8.00. The van der Waals surface area contributed by atoms with Gasteiger partial charge in [-0.05, 0) is 53.7 Å². The highest BCUT2D eigenvalue weighted by atomic mass is 32.2. The van der Waals surface area contributed by atoms with Crippen molar-refractivity contribution >= 4 is 46.1 Å². The highest BCUT2D eigenvalue weighted by Crippen LogP contribution is 2.37. The van der Waals surface area contributed by atoms with E-state index >= 15 is 0 Å². The van der Waals surface area contributed by atoms with Gasteiger partial charge in [-0.25, -0.2) is 14.7 Å². The molecule has 1 aliphatic heterocycles. The number of thioether (sulfide) groups is 1. The van der Waals surface area contributed by atoms with Crippen LogP contribution in [0.1, 0.15) is 5.56 Å². The molecule has 2 aromatic carbocycles. The standard InChI is InChI=1S/C20H15F3N4O2S/c21-20(22,23)30-14-7-5-13(6-8-14)27-18(28)11-26(19(27)29)10-12-9-17(24)25-16-4-2-1-3-15(12)16/h1-9H,10-11H2,(H2,24,25). The van der Waals surface area contributed by atoms with E-state index in [-0.39, 0.29) is 35.4 Å². The zero-order chi connectivity index (χ0) is 21.5. The van der Waals surface area contributed by atoms with E-state index in [2.05, 4.69) is 4.98 Å². The molecule has 1 aromatic heterocycles. The maximum absolute atomic E-state index is 12.9. The predicted molar refractivity (Wildman–Crippen MR) is 108 cm³/mol. The van der Waals surface area contributed by atoms with Gasteiger partial charge in [0.1, 0.15) is 12.4 Å². The van der Waals surface area contributed by atoms with Gasteiger partial charge in [0.25, 0.3) is 5.91 Å². The van der Waals surface area contributed by atoms with Crippen molar-refractivity contribution in [2.75, 3.05) is 17.2 Å². The number of imide groups is 1. The molecule has 0 unspecified atom stereocenters. The number of fused-ring (bicyclic) bond motifs is 1. The Balaban J connectivity index is 1.57. The Bertz CT molecular complexity index is 1140. The van der Waals surface area contributed by atoms with Crippen LogP contribution in [-0.2, 0) is 11.3 Å². The van der Waals surface area contributed by atoms with Crippen LogP contribution in [0.25, 0.3) is 10.9 Å². The van der Waals surface area contributed by atoms with Gasteiger partial charge >= 0.3 is 11.5 Å². The fraction of sp³-hybridized carbons (Fsp3) is 0.150. The SMILES string of the molecule is Nc1cc(CN2CC(=O)N(c3ccc(SC(F)(F)F)cc3)C2=O)c2ccccc2n1. The summed E-state index contributed by atoms with van der Waals surface area (Å²) in [5, 5.41) is 0.818. The van der Waals surface area contributed by atoms with Crippen molar-refractivity contribution < 1.29 is 22.8 Å². The zero-order valence-corrected chi connectivity index (χ0v) is 16.2. The minimum atomic E-state index is -4.41. The van der Waals surface area contributed by atoms with Crippen molar-refractivity contribution in [1.82, 2.24) is 9.88 Å². The summed E-state index contributed by atoms with van der Waals surface area (Å²) in [4.78, 5) is 31.9. The summed E-state index contributed by atoms with van der Waals surface area (Å²) < 4.78 is 37.5. The third kappa shape index (κ3) is 4.04. The Morgan fingerprint density at radius 1 is 1.07 bits per heavy atom. The van der Waals surface area contributed by atoms with Gasteiger partial charge in [0, 0.05) is 16.8 Å². The van der Waals surface area contributed by atoms with E-state index in [1.165, 1.54) is 29.2 Å². The molecule has 3 amide bonds. The number of carbonyl (C=O) groups is 2. The average molecular weight is 432 g/mol. The number of hydrogen-bond donors (Lipinski definition) is 1. The summed E-state index contributed by atoms with van der Waals surface area (Å²) >= 11 is -0.258. The predicted octanol–water partition coefficient (Wildman–Crippen LogP) is 4.40. The fourth-order valence-electron chi connectivity index (χ4n) is 3.33. The third-order valence-corrected chi connectivity index (χ3v) is 5.29. The Labute approximate surface area is 173 Å². The van der Waals surface area contributed by atoms with Crippen molar-refractivity contribution in [3.05, 3.63) is 60.2 Å². The second-order valence-electron chi connectivity index (χ2n) is 6.63. The average Bonchev–Trinajstić information content (AvgIpc) is 2.94. The van der Waals surface area contributed by atoms with Crippen LogP contribution in [0, 0.1) is 0 Å². The summed E-state index contributed by atoms with van der Waals surface area (Å²) in [6.45, 7) is 0.00472. The van der Waals surface area contributed by atoms with Crippen LogP contribution in [0.4, 0.5) is 29.5 Å². The maximum atomic E-state index is 12.9. The Kier molecular flexibility index (Phi) is 5.02. The molecule has 0 aliphatic carbocycles. The van der Waals surface area contributed by atoms with Crippen molar-refractivity contribution in [1.29, 1.82) is 0 Å². The van der Waals surface area contributed by atoms with Crippen LogP contribution >= 0.6 is 11.8 Å². The number of rotatable bonds is 4. The van der Waals surface area contributed by atoms with Gasteiger partial charge in [-0.2, -0.15) is 13.2 Å². The van der Waals surface area contributed by atoms with Gasteiger partial charge in [-0.1, -0.05) is 18.2 Å². The van der Waals surface area contributed by atoms with Gasteiger partial charge in [0.15, 0.2) is 0 Å². The Morgan fingerprint density at radius 3 is 2.47 bits per heavy atom. The van der Waals surface area contributed by atoms with E-state index in [1.54, 1.807) is 12.1 Å². The minimum Gasteiger partial charge on any atom is -0.384 e. The van der Waals surface area contributed by atoms with Crippen molar-refractivity contribution in [3.8, 4) is 0 Å². The molecule has 0 saturated carbocycles. The number of para-hydroxylation sites is 1. The lowest BCUT2D eigenvalue weighted by atomic mass is 10.1. The molecule has 2 N–H and O–H groups in total. The van der Waals surface area contributed by atoms with Crippen molar-refractivity contribution in [2.24, 2.45) is 0 Å². The lowest BCUT2D eigenvalue weighted by Gasteiger charge is -2.18. The monoisotopic (exact) mass is 432 g/mol. The van der Waals surface area contributed by atoms with Gasteiger partial charge in [-0.15, -0.1) is 0 Å². The number of nitrogens with zero attached hydrogens (tertiary/aromatic N) is 3. The molecule has 2 heterocycles. The molecule has 1 fully saturated rings. The molecule has 154 valence electrons. The van der Waals surface area contributed by atoms with Crippen molar-refractivity contribution in [2.45, 2.75) is 16.9 Å². The molecule has 0 atom stereocenters. The van der Waals surface area contributed by atoms with Crippen LogP contribution in [-0.4, -0.2) is 33.9 Å². The number of urea groups is 1. The fourth-order valence-corrected chi connectivity index (χ4v) is 3.87. The molecule has 3 aromatic rings. The number of pyridine rings is 1. The number of benzene rings is 2. The molecule has 10 heteroatoms. The number of nitrogens with two attached hydrogens (primary N) is 1. The van der Waals surface area contributed by atoms with E-state index in [1.807, 2.05) is 18.2 Å². The van der Waals surface area contributed by atoms with E-state index in [0.717, 1.165) is 15.8 Å². The normalized spacial score (nSPS) is 14.8. The lowest BCUT2D eigenvalue weighted by Crippen LogP contribution is -2.32. The summed E-state index contributed by atoms with van der Waals surface area (Å²) in [5.41, 5.74) is 3.10. The molecule has 4 rings (SSSR count). The summed E-state index contributed by atoms with van der Waals surface area (Å²) in [5.74, 6) is -0.154. The first-order chi connectivity index (χ1) is 14.2. The number of carbonyl (C=O) groups excluding carboxylic acids is 2. The number of aromatic nitrogens is 1. The maximum Gasteiger partial charge on any atom is 0.446 e. The van der Waals surface area contributed by atoms with E-state index in [4.69, 9.17) is 5.73 Å². The van der Waals surface area contributed by atoms with Crippen LogP contribution < -0.4 is 10.6 Å². The zero-order valence-electron chi connectivity index (χ0n) is 15.4. The third-order valence-electron chi connectivity index (χ3n) is 4.55. The number of hydrogen-bond acceptors (Lipinski definition) is 5. The van der Waals surface area contributed by atoms with Crippen LogP contribution in [0.3, 0.4) is 0 Å². The first-order valence-corrected chi connectivity index (χ1v) is 9.65. The number of alkyl halides is 3. The quantitative estimate of drug-likeness (QED) is 0.488. The van der Waals surface area contributed by atoms with Gasteiger partial charge < -0.3 is 10.6 Å². The van der Waals surface area contributed by atoms with Gasteiger partial charge in [0.2, 0.25) is 0 Å². The number of halogens is 3. The number of amides is 3. The Hall–Kier alpha value is -3.27. The topological polar surface area (TPSA) is 79.5 Å². The Morgan fingerprint density at radius 2 is 1.77 bits per heavy atom. The first-order valence-electron chi connectivity index (χ1n) is 8.83. The molecular weight excluding hydrogens is 417 g/mol. The highest BCUT2D eigenvalue weighted by Gasteiger charge is 2.37. The second-order valence-corrected chi connectivity index (χ2v) is 7.77. The largest absolute Gasteiger partial charge is 0.446 e. The van der Waals surface area contributed by atoms with E-state index in [9.17, 15) is 22.8 Å². The van der Waals surface area contributed by atoms with Crippen LogP contribution in [0.2, 0.25) is 0 Å². The molecule has 0 radical (unpaired) electrons. The molecule has 1 aliphatic rings. The molecular formula is C20H15F3N4O2S.